The molecule has 110 valence electrons. The Morgan fingerprint density at radius 3 is 3.14 bits per heavy atom. The minimum atomic E-state index is 0.795. The van der Waals surface area contributed by atoms with Crippen LogP contribution in [0.25, 0.3) is 10.6 Å². The third-order valence-corrected chi connectivity index (χ3v) is 5.01. The Hall–Kier alpha value is -1.46. The molecule has 1 aliphatic heterocycles. The summed E-state index contributed by atoms with van der Waals surface area (Å²) < 4.78 is 5.54. The molecule has 2 heterocycles. The van der Waals surface area contributed by atoms with Crippen molar-refractivity contribution in [1.82, 2.24) is 15.5 Å². The van der Waals surface area contributed by atoms with Crippen LogP contribution in [0.3, 0.4) is 0 Å². The van der Waals surface area contributed by atoms with Gasteiger partial charge in [0.1, 0.15) is 15.8 Å². The lowest BCUT2D eigenvalue weighted by Gasteiger charge is -2.00. The Kier molecular flexibility index (Phi) is 3.61. The lowest BCUT2D eigenvalue weighted by molar-refractivity contribution is 0.357. The monoisotopic (exact) mass is 301 g/mol. The molecule has 1 aromatic heterocycles. The molecule has 0 spiro atoms. The number of hydrogen-bond donors (Lipinski definition) is 1. The first-order chi connectivity index (χ1) is 10.4. The molecule has 1 aromatic carbocycles. The number of benzene rings is 1. The topological polar surface area (TPSA) is 47.0 Å². The number of hydrogen-bond acceptors (Lipinski definition) is 5. The molecule has 1 aliphatic carbocycles. The number of rotatable bonds is 6. The van der Waals surface area contributed by atoms with Crippen molar-refractivity contribution in [2.24, 2.45) is 0 Å². The summed E-state index contributed by atoms with van der Waals surface area (Å²) >= 11 is 1.72. The number of ether oxygens (including phenoxy) is 1. The summed E-state index contributed by atoms with van der Waals surface area (Å²) in [7, 11) is 0. The fraction of sp³-hybridized carbons (Fsp3) is 0.500. The van der Waals surface area contributed by atoms with E-state index in [1.54, 1.807) is 11.3 Å². The maximum atomic E-state index is 5.54. The van der Waals surface area contributed by atoms with Crippen LogP contribution in [0.4, 0.5) is 0 Å². The quantitative estimate of drug-likeness (QED) is 0.834. The van der Waals surface area contributed by atoms with Gasteiger partial charge in [-0.3, -0.25) is 0 Å². The van der Waals surface area contributed by atoms with Crippen LogP contribution in [0.15, 0.2) is 18.2 Å². The highest BCUT2D eigenvalue weighted by Gasteiger charge is 2.19. The van der Waals surface area contributed by atoms with Crippen LogP contribution in [-0.2, 0) is 12.8 Å². The van der Waals surface area contributed by atoms with Gasteiger partial charge in [-0.15, -0.1) is 10.2 Å². The van der Waals surface area contributed by atoms with Gasteiger partial charge in [-0.2, -0.15) is 0 Å². The Labute approximate surface area is 128 Å². The maximum Gasteiger partial charge on any atom is 0.147 e. The second kappa shape index (κ2) is 5.73. The SMILES string of the molecule is c1cc2c(cc1-c1nnc(CCCNC3CC3)s1)CCO2. The van der Waals surface area contributed by atoms with Crippen LogP contribution in [0.1, 0.15) is 29.8 Å². The fourth-order valence-electron chi connectivity index (χ4n) is 2.62. The van der Waals surface area contributed by atoms with Crippen LogP contribution < -0.4 is 10.1 Å². The fourth-order valence-corrected chi connectivity index (χ4v) is 3.50. The van der Waals surface area contributed by atoms with Crippen molar-refractivity contribution < 1.29 is 4.74 Å². The van der Waals surface area contributed by atoms with Gasteiger partial charge in [0.05, 0.1) is 6.61 Å². The molecule has 21 heavy (non-hydrogen) atoms. The van der Waals surface area contributed by atoms with Gasteiger partial charge in [0.15, 0.2) is 0 Å². The van der Waals surface area contributed by atoms with E-state index in [1.165, 1.54) is 24.0 Å². The molecule has 0 saturated heterocycles. The number of nitrogens with zero attached hydrogens (tertiary/aromatic N) is 2. The van der Waals surface area contributed by atoms with Gasteiger partial charge in [0, 0.05) is 24.4 Å². The van der Waals surface area contributed by atoms with E-state index in [-0.39, 0.29) is 0 Å². The first kappa shape index (κ1) is 13.2. The normalized spacial score (nSPS) is 16.8. The van der Waals surface area contributed by atoms with Crippen LogP contribution in [0.5, 0.6) is 5.75 Å². The molecule has 0 radical (unpaired) electrons. The summed E-state index contributed by atoms with van der Waals surface area (Å²) in [5.41, 5.74) is 2.46. The Bertz CT molecular complexity index is 636. The zero-order valence-corrected chi connectivity index (χ0v) is 12.8. The minimum Gasteiger partial charge on any atom is -0.493 e. The van der Waals surface area contributed by atoms with Crippen molar-refractivity contribution in [3.63, 3.8) is 0 Å². The van der Waals surface area contributed by atoms with E-state index in [0.717, 1.165) is 54.2 Å². The lowest BCUT2D eigenvalue weighted by atomic mass is 10.1. The number of aryl methyl sites for hydroxylation is 1. The lowest BCUT2D eigenvalue weighted by Crippen LogP contribution is -2.17. The summed E-state index contributed by atoms with van der Waals surface area (Å²) in [4.78, 5) is 0. The maximum absolute atomic E-state index is 5.54. The molecule has 0 bridgehead atoms. The van der Waals surface area contributed by atoms with Gasteiger partial charge in [-0.1, -0.05) is 11.3 Å². The van der Waals surface area contributed by atoms with Crippen molar-refractivity contribution in [2.45, 2.75) is 38.1 Å². The van der Waals surface area contributed by atoms with Crippen molar-refractivity contribution in [3.05, 3.63) is 28.8 Å². The zero-order valence-electron chi connectivity index (χ0n) is 12.0. The highest BCUT2D eigenvalue weighted by Crippen LogP contribution is 2.31. The Morgan fingerprint density at radius 1 is 1.29 bits per heavy atom. The van der Waals surface area contributed by atoms with Gasteiger partial charge in [0.2, 0.25) is 0 Å². The molecule has 0 amide bonds. The Balaban J connectivity index is 1.39. The first-order valence-electron chi connectivity index (χ1n) is 7.70. The van der Waals surface area contributed by atoms with Gasteiger partial charge in [-0.05, 0) is 49.6 Å². The molecule has 0 unspecified atom stereocenters. The van der Waals surface area contributed by atoms with Crippen molar-refractivity contribution >= 4 is 11.3 Å². The van der Waals surface area contributed by atoms with E-state index < -0.39 is 0 Å². The van der Waals surface area contributed by atoms with Crippen molar-refractivity contribution in [3.8, 4) is 16.3 Å². The Morgan fingerprint density at radius 2 is 2.24 bits per heavy atom. The molecule has 4 rings (SSSR count). The van der Waals surface area contributed by atoms with Gasteiger partial charge < -0.3 is 10.1 Å². The van der Waals surface area contributed by atoms with Crippen LogP contribution in [-0.4, -0.2) is 29.4 Å². The molecule has 2 aromatic rings. The molecule has 0 atom stereocenters. The molecule has 1 saturated carbocycles. The molecular formula is C16H19N3OS. The van der Waals surface area contributed by atoms with Crippen molar-refractivity contribution in [1.29, 1.82) is 0 Å². The smallest absolute Gasteiger partial charge is 0.147 e. The number of nitrogens with one attached hydrogen (secondary N) is 1. The van der Waals surface area contributed by atoms with E-state index in [0.29, 0.717) is 0 Å². The zero-order chi connectivity index (χ0) is 14.1. The third-order valence-electron chi connectivity index (χ3n) is 3.98. The summed E-state index contributed by atoms with van der Waals surface area (Å²) in [5.74, 6) is 1.02. The average molecular weight is 301 g/mol. The third kappa shape index (κ3) is 3.09. The molecule has 1 N–H and O–H groups in total. The average Bonchev–Trinajstić information content (AvgIpc) is 3.02. The molecule has 5 heteroatoms. The van der Waals surface area contributed by atoms with Crippen LogP contribution >= 0.6 is 11.3 Å². The molecule has 1 fully saturated rings. The molecule has 4 nitrogen and oxygen atoms in total. The van der Waals surface area contributed by atoms with E-state index in [4.69, 9.17) is 4.74 Å². The number of fused-ring (bicyclic) bond motifs is 1. The summed E-state index contributed by atoms with van der Waals surface area (Å²) in [6, 6.07) is 7.13. The van der Waals surface area contributed by atoms with Crippen molar-refractivity contribution in [2.75, 3.05) is 13.2 Å². The first-order valence-corrected chi connectivity index (χ1v) is 8.52. The van der Waals surface area contributed by atoms with E-state index in [2.05, 4.69) is 33.7 Å². The second-order valence-corrected chi connectivity index (χ2v) is 6.82. The van der Waals surface area contributed by atoms with Crippen LogP contribution in [0, 0.1) is 0 Å². The molecule has 2 aliphatic rings. The summed E-state index contributed by atoms with van der Waals surface area (Å²) in [5, 5.41) is 14.4. The van der Waals surface area contributed by atoms with Gasteiger partial charge in [0.25, 0.3) is 0 Å². The van der Waals surface area contributed by atoms with Gasteiger partial charge >= 0.3 is 0 Å². The van der Waals surface area contributed by atoms with Crippen LogP contribution in [0.2, 0.25) is 0 Å². The number of aromatic nitrogens is 2. The van der Waals surface area contributed by atoms with E-state index >= 15 is 0 Å². The summed E-state index contributed by atoms with van der Waals surface area (Å²) in [6.07, 6.45) is 5.87. The second-order valence-electron chi connectivity index (χ2n) is 5.75. The highest BCUT2D eigenvalue weighted by atomic mass is 32.1. The van der Waals surface area contributed by atoms with Gasteiger partial charge in [-0.25, -0.2) is 0 Å². The summed E-state index contributed by atoms with van der Waals surface area (Å²) in [6.45, 7) is 1.89. The largest absolute Gasteiger partial charge is 0.493 e. The van der Waals surface area contributed by atoms with E-state index in [1.807, 2.05) is 0 Å². The predicted octanol–water partition coefficient (Wildman–Crippen LogP) is 2.82. The minimum absolute atomic E-state index is 0.795. The standard InChI is InChI=1S/C16H19N3OS/c1(8-17-13-4-5-13)2-15-18-19-16(21-15)12-3-6-14-11(10-12)7-9-20-14/h3,6,10,13,17H,1-2,4-5,7-9H2. The molecular weight excluding hydrogens is 282 g/mol. The predicted molar refractivity (Wildman–Crippen MR) is 83.9 cm³/mol. The van der Waals surface area contributed by atoms with E-state index in [9.17, 15) is 0 Å². The highest BCUT2D eigenvalue weighted by molar-refractivity contribution is 7.14.